The maximum absolute atomic E-state index is 11.9. The Balaban J connectivity index is 1.86. The van der Waals surface area contributed by atoms with Gasteiger partial charge in [-0.3, -0.25) is 0 Å². The molecule has 2 rings (SSSR count). The molecule has 1 aliphatic rings. The molecular formula is C23H30O3. The molecule has 1 N–H and O–H groups in total. The van der Waals surface area contributed by atoms with Crippen molar-refractivity contribution < 1.29 is 14.6 Å². The molecule has 1 atom stereocenters. The Kier molecular flexibility index (Phi) is 6.84. The Morgan fingerprint density at radius 2 is 2.08 bits per heavy atom. The summed E-state index contributed by atoms with van der Waals surface area (Å²) in [7, 11) is 0. The number of esters is 1. The maximum atomic E-state index is 11.9. The van der Waals surface area contributed by atoms with Gasteiger partial charge in [0.25, 0.3) is 0 Å². The van der Waals surface area contributed by atoms with E-state index >= 15 is 0 Å². The molecule has 0 saturated carbocycles. The molecule has 3 heteroatoms. The van der Waals surface area contributed by atoms with Gasteiger partial charge in [-0.15, -0.1) is 0 Å². The third-order valence-corrected chi connectivity index (χ3v) is 5.63. The molecule has 1 aromatic rings. The number of ether oxygens (including phenoxy) is 1. The van der Waals surface area contributed by atoms with Crippen molar-refractivity contribution in [2.24, 2.45) is 11.3 Å². The third kappa shape index (κ3) is 5.10. The molecule has 0 radical (unpaired) electrons. The highest BCUT2D eigenvalue weighted by atomic mass is 16.5. The van der Waals surface area contributed by atoms with Crippen molar-refractivity contribution in [3.8, 4) is 5.75 Å². The lowest BCUT2D eigenvalue weighted by molar-refractivity contribution is -0.136. The number of carbonyl (C=O) groups excluding carboxylic acids is 1. The van der Waals surface area contributed by atoms with Gasteiger partial charge >= 0.3 is 5.97 Å². The topological polar surface area (TPSA) is 46.5 Å². The lowest BCUT2D eigenvalue weighted by atomic mass is 9.76. The summed E-state index contributed by atoms with van der Waals surface area (Å²) in [6, 6.07) is 6.88. The molecule has 1 aromatic carbocycles. The van der Waals surface area contributed by atoms with Crippen LogP contribution in [0.3, 0.4) is 0 Å². The van der Waals surface area contributed by atoms with E-state index in [1.807, 2.05) is 6.07 Å². The Morgan fingerprint density at radius 3 is 2.69 bits per heavy atom. The zero-order valence-electron chi connectivity index (χ0n) is 16.3. The second-order valence-electron chi connectivity index (χ2n) is 7.49. The smallest absolute Gasteiger partial charge is 0.331 e. The summed E-state index contributed by atoms with van der Waals surface area (Å²) in [5, 5.41) is 9.70. The number of carbonyl (C=O) groups is 1. The van der Waals surface area contributed by atoms with E-state index in [1.54, 1.807) is 24.3 Å². The van der Waals surface area contributed by atoms with E-state index in [1.165, 1.54) is 11.6 Å². The van der Waals surface area contributed by atoms with E-state index in [4.69, 9.17) is 4.74 Å². The van der Waals surface area contributed by atoms with Gasteiger partial charge in [0.05, 0.1) is 0 Å². The predicted octanol–water partition coefficient (Wildman–Crippen LogP) is 5.67. The fourth-order valence-corrected chi connectivity index (χ4v) is 3.20. The van der Waals surface area contributed by atoms with Crippen molar-refractivity contribution in [1.82, 2.24) is 0 Å². The van der Waals surface area contributed by atoms with Gasteiger partial charge in [-0.05, 0) is 55.2 Å². The lowest BCUT2D eigenvalue weighted by Crippen LogP contribution is -2.20. The summed E-state index contributed by atoms with van der Waals surface area (Å²) in [5.41, 5.74) is 3.46. The minimum atomic E-state index is -0.397. The number of hydrogen-bond acceptors (Lipinski definition) is 3. The van der Waals surface area contributed by atoms with Gasteiger partial charge in [0.2, 0.25) is 0 Å². The van der Waals surface area contributed by atoms with E-state index in [2.05, 4.69) is 39.8 Å². The molecule has 0 fully saturated rings. The average molecular weight is 354 g/mol. The van der Waals surface area contributed by atoms with Crippen LogP contribution >= 0.6 is 0 Å². The molecule has 0 amide bonds. The van der Waals surface area contributed by atoms with Gasteiger partial charge in [0, 0.05) is 11.6 Å². The number of allylic oxidation sites excluding steroid dienone is 3. The largest absolute Gasteiger partial charge is 0.507 e. The highest BCUT2D eigenvalue weighted by molar-refractivity contribution is 5.87. The van der Waals surface area contributed by atoms with Gasteiger partial charge in [0.15, 0.2) is 0 Å². The molecule has 140 valence electrons. The number of aromatic hydroxyl groups is 1. The van der Waals surface area contributed by atoms with Crippen molar-refractivity contribution >= 4 is 12.0 Å². The van der Waals surface area contributed by atoms with Crippen LogP contribution in [0.25, 0.3) is 6.08 Å². The molecule has 0 saturated heterocycles. The minimum Gasteiger partial charge on any atom is -0.507 e. The Bertz CT molecular complexity index is 723. The fourth-order valence-electron chi connectivity index (χ4n) is 3.20. The zero-order chi connectivity index (χ0) is 19.2. The molecular weight excluding hydrogens is 324 g/mol. The molecule has 0 spiro atoms. The summed E-state index contributed by atoms with van der Waals surface area (Å²) in [5.74, 6) is 0.362. The first-order valence-corrected chi connectivity index (χ1v) is 9.32. The van der Waals surface area contributed by atoms with Crippen LogP contribution in [0.15, 0.2) is 53.6 Å². The Morgan fingerprint density at radius 1 is 1.35 bits per heavy atom. The van der Waals surface area contributed by atoms with E-state index < -0.39 is 5.97 Å². The standard InChI is InChI=1S/C23H30O3/c1-5-18(11-14-20-13-10-17(2)23(20,3)4)16-26-22(25)15-12-19-8-6-7-9-21(19)24/h6-12,15,20,24H,5,13-14,16H2,1-4H3. The molecule has 0 aliphatic heterocycles. The van der Waals surface area contributed by atoms with E-state index in [0.29, 0.717) is 18.1 Å². The van der Waals surface area contributed by atoms with Gasteiger partial charge < -0.3 is 9.84 Å². The second-order valence-corrected chi connectivity index (χ2v) is 7.49. The number of benzene rings is 1. The van der Waals surface area contributed by atoms with Crippen LogP contribution in [-0.2, 0) is 9.53 Å². The van der Waals surface area contributed by atoms with Crippen LogP contribution in [0.5, 0.6) is 5.75 Å². The van der Waals surface area contributed by atoms with Crippen LogP contribution in [-0.4, -0.2) is 17.7 Å². The van der Waals surface area contributed by atoms with Crippen molar-refractivity contribution in [3.05, 3.63) is 59.2 Å². The third-order valence-electron chi connectivity index (χ3n) is 5.63. The number of phenolic OH excluding ortho intramolecular Hbond substituents is 1. The van der Waals surface area contributed by atoms with Crippen molar-refractivity contribution in [2.45, 2.75) is 47.0 Å². The minimum absolute atomic E-state index is 0.147. The maximum Gasteiger partial charge on any atom is 0.331 e. The molecule has 3 nitrogen and oxygen atoms in total. The van der Waals surface area contributed by atoms with Gasteiger partial charge in [-0.25, -0.2) is 4.79 Å². The van der Waals surface area contributed by atoms with Gasteiger partial charge in [-0.1, -0.05) is 56.7 Å². The quantitative estimate of drug-likeness (QED) is 0.390. The van der Waals surface area contributed by atoms with E-state index in [9.17, 15) is 9.90 Å². The molecule has 0 aromatic heterocycles. The predicted molar refractivity (Wildman–Crippen MR) is 107 cm³/mol. The second kappa shape index (κ2) is 8.88. The average Bonchev–Trinajstić information content (AvgIpc) is 2.87. The van der Waals surface area contributed by atoms with E-state index in [-0.39, 0.29) is 11.2 Å². The molecule has 0 bridgehead atoms. The SMILES string of the molecule is CCC(=CCC1CC=C(C)C1(C)C)COC(=O)C=Cc1ccccc1O. The lowest BCUT2D eigenvalue weighted by Gasteiger charge is -2.29. The number of rotatable bonds is 7. The Labute approximate surface area is 157 Å². The Hall–Kier alpha value is -2.29. The first-order valence-electron chi connectivity index (χ1n) is 9.32. The number of hydrogen-bond donors (Lipinski definition) is 1. The molecule has 1 aliphatic carbocycles. The van der Waals surface area contributed by atoms with Crippen LogP contribution < -0.4 is 0 Å². The molecule has 26 heavy (non-hydrogen) atoms. The highest BCUT2D eigenvalue weighted by Gasteiger charge is 2.33. The highest BCUT2D eigenvalue weighted by Crippen LogP contribution is 2.44. The number of phenols is 1. The molecule has 1 unspecified atom stereocenters. The van der Waals surface area contributed by atoms with Crippen LogP contribution in [0.2, 0.25) is 0 Å². The van der Waals surface area contributed by atoms with Gasteiger partial charge in [0.1, 0.15) is 12.4 Å². The summed E-state index contributed by atoms with van der Waals surface area (Å²) in [6.45, 7) is 9.23. The summed E-state index contributed by atoms with van der Waals surface area (Å²) in [6.07, 6.45) is 10.5. The van der Waals surface area contributed by atoms with E-state index in [0.717, 1.165) is 24.8 Å². The summed E-state index contributed by atoms with van der Waals surface area (Å²) >= 11 is 0. The fraction of sp³-hybridized carbons (Fsp3) is 0.435. The van der Waals surface area contributed by atoms with Crippen LogP contribution in [0, 0.1) is 11.3 Å². The number of para-hydroxylation sites is 1. The molecule has 0 heterocycles. The monoisotopic (exact) mass is 354 g/mol. The zero-order valence-corrected chi connectivity index (χ0v) is 16.3. The van der Waals surface area contributed by atoms with Crippen molar-refractivity contribution in [1.29, 1.82) is 0 Å². The summed E-state index contributed by atoms with van der Waals surface area (Å²) in [4.78, 5) is 11.9. The van der Waals surface area contributed by atoms with Gasteiger partial charge in [-0.2, -0.15) is 0 Å². The van der Waals surface area contributed by atoms with Crippen LogP contribution in [0.4, 0.5) is 0 Å². The van der Waals surface area contributed by atoms with Crippen LogP contribution in [0.1, 0.15) is 52.5 Å². The van der Waals surface area contributed by atoms with Crippen molar-refractivity contribution in [3.63, 3.8) is 0 Å². The van der Waals surface area contributed by atoms with Crippen molar-refractivity contribution in [2.75, 3.05) is 6.61 Å². The summed E-state index contributed by atoms with van der Waals surface area (Å²) < 4.78 is 5.36. The normalized spacial score (nSPS) is 19.6. The first kappa shape index (κ1) is 20.0. The first-order chi connectivity index (χ1) is 12.3.